The first kappa shape index (κ1) is 18.6. The molecule has 0 saturated carbocycles. The molecule has 8 nitrogen and oxygen atoms in total. The summed E-state index contributed by atoms with van der Waals surface area (Å²) in [6.07, 6.45) is 0. The minimum Gasteiger partial charge on any atom is -0.451 e. The van der Waals surface area contributed by atoms with E-state index in [4.69, 9.17) is 17.7 Å². The van der Waals surface area contributed by atoms with Gasteiger partial charge in [0, 0.05) is 10.8 Å². The lowest BCUT2D eigenvalue weighted by molar-refractivity contribution is 0.498. The van der Waals surface area contributed by atoms with E-state index in [9.17, 15) is 0 Å². The van der Waals surface area contributed by atoms with E-state index in [1.54, 1.807) is 0 Å². The predicted octanol–water partition coefficient (Wildman–Crippen LogP) is 6.18. The summed E-state index contributed by atoms with van der Waals surface area (Å²) in [4.78, 5) is 0. The largest absolute Gasteiger partial charge is 0.451 e. The Balaban J connectivity index is 1.33. The summed E-state index contributed by atoms with van der Waals surface area (Å²) >= 11 is 0. The molecular formula is C24H18N4O4. The molecule has 0 amide bonds. The molecule has 6 aromatic rings. The molecule has 0 bridgehead atoms. The van der Waals surface area contributed by atoms with Crippen LogP contribution in [0.5, 0.6) is 0 Å². The lowest BCUT2D eigenvalue weighted by Gasteiger charge is -1.97. The Morgan fingerprint density at radius 1 is 0.438 bits per heavy atom. The van der Waals surface area contributed by atoms with Crippen LogP contribution in [0.15, 0.2) is 54.1 Å². The van der Waals surface area contributed by atoms with Gasteiger partial charge in [0.1, 0.15) is 11.2 Å². The number of rotatable bonds is 3. The van der Waals surface area contributed by atoms with Crippen LogP contribution in [0.3, 0.4) is 0 Å². The van der Waals surface area contributed by atoms with E-state index in [1.165, 1.54) is 11.1 Å². The van der Waals surface area contributed by atoms with Gasteiger partial charge >= 0.3 is 11.8 Å². The van der Waals surface area contributed by atoms with Crippen LogP contribution in [0.2, 0.25) is 0 Å². The zero-order valence-corrected chi connectivity index (χ0v) is 17.9. The average Bonchev–Trinajstić information content (AvgIpc) is 3.53. The Labute approximate surface area is 181 Å². The fraction of sp³-hybridized carbons (Fsp3) is 0.167. The number of furan rings is 2. The zero-order valence-electron chi connectivity index (χ0n) is 17.9. The molecule has 4 aromatic heterocycles. The number of nitrogens with zero attached hydrogens (tertiary/aromatic N) is 4. The van der Waals surface area contributed by atoms with Crippen molar-refractivity contribution in [2.24, 2.45) is 0 Å². The molecule has 0 saturated heterocycles. The minimum absolute atomic E-state index is 0.106. The van der Waals surface area contributed by atoms with Crippen LogP contribution >= 0.6 is 0 Å². The summed E-state index contributed by atoms with van der Waals surface area (Å²) in [6, 6.07) is 11.9. The van der Waals surface area contributed by atoms with Crippen molar-refractivity contribution in [2.75, 3.05) is 0 Å². The van der Waals surface area contributed by atoms with Gasteiger partial charge in [-0.15, -0.1) is 20.4 Å². The van der Waals surface area contributed by atoms with Gasteiger partial charge in [0.15, 0.2) is 11.5 Å². The van der Waals surface area contributed by atoms with Crippen LogP contribution in [0.1, 0.15) is 22.3 Å². The molecule has 0 aliphatic rings. The Morgan fingerprint density at radius 2 is 0.812 bits per heavy atom. The molecule has 4 heterocycles. The maximum Gasteiger partial charge on any atom is 0.306 e. The number of fused-ring (bicyclic) bond motifs is 2. The Hall–Kier alpha value is -4.20. The normalized spacial score (nSPS) is 11.8. The molecule has 2 aromatic carbocycles. The molecule has 0 N–H and O–H groups in total. The molecule has 0 atom stereocenters. The quantitative estimate of drug-likeness (QED) is 0.330. The maximum atomic E-state index is 5.89. The number of hydrogen-bond donors (Lipinski definition) is 0. The van der Waals surface area contributed by atoms with Crippen molar-refractivity contribution in [3.8, 4) is 35.1 Å². The van der Waals surface area contributed by atoms with E-state index in [2.05, 4.69) is 46.4 Å². The van der Waals surface area contributed by atoms with Crippen LogP contribution in [-0.4, -0.2) is 20.4 Å². The molecule has 0 radical (unpaired) electrons. The van der Waals surface area contributed by atoms with E-state index in [0.29, 0.717) is 11.5 Å². The third kappa shape index (κ3) is 2.91. The lowest BCUT2D eigenvalue weighted by Crippen LogP contribution is -1.77. The highest BCUT2D eigenvalue weighted by atomic mass is 16.4. The first-order chi connectivity index (χ1) is 15.4. The van der Waals surface area contributed by atoms with Gasteiger partial charge in [-0.1, -0.05) is 0 Å². The summed E-state index contributed by atoms with van der Waals surface area (Å²) < 4.78 is 23.3. The van der Waals surface area contributed by atoms with Crippen molar-refractivity contribution >= 4 is 21.9 Å². The topological polar surface area (TPSA) is 104 Å². The van der Waals surface area contributed by atoms with E-state index in [1.807, 2.05) is 38.1 Å². The van der Waals surface area contributed by atoms with Gasteiger partial charge in [-0.3, -0.25) is 0 Å². The molecule has 0 spiro atoms. The summed E-state index contributed by atoms with van der Waals surface area (Å²) in [7, 11) is 0. The van der Waals surface area contributed by atoms with Gasteiger partial charge in [0.25, 0.3) is 11.8 Å². The first-order valence-corrected chi connectivity index (χ1v) is 10.1. The van der Waals surface area contributed by atoms with E-state index < -0.39 is 0 Å². The fourth-order valence-electron chi connectivity index (χ4n) is 3.63. The maximum absolute atomic E-state index is 5.89. The smallest absolute Gasteiger partial charge is 0.306 e. The van der Waals surface area contributed by atoms with Crippen molar-refractivity contribution in [1.29, 1.82) is 0 Å². The second-order valence-corrected chi connectivity index (χ2v) is 7.99. The van der Waals surface area contributed by atoms with Crippen LogP contribution in [0.4, 0.5) is 0 Å². The van der Waals surface area contributed by atoms with Gasteiger partial charge < -0.3 is 17.7 Å². The average molecular weight is 426 g/mol. The van der Waals surface area contributed by atoms with Crippen LogP contribution in [0, 0.1) is 27.7 Å². The molecule has 8 heteroatoms. The van der Waals surface area contributed by atoms with Gasteiger partial charge in [0.2, 0.25) is 0 Å². The second kappa shape index (κ2) is 6.65. The Bertz CT molecular complexity index is 1430. The van der Waals surface area contributed by atoms with E-state index >= 15 is 0 Å². The molecule has 0 unspecified atom stereocenters. The highest BCUT2D eigenvalue weighted by Gasteiger charge is 2.21. The lowest BCUT2D eigenvalue weighted by atomic mass is 10.1. The van der Waals surface area contributed by atoms with Gasteiger partial charge in [-0.05, 0) is 86.3 Å². The molecule has 0 aliphatic carbocycles. The van der Waals surface area contributed by atoms with Gasteiger partial charge in [-0.25, -0.2) is 0 Å². The molecular weight excluding hydrogens is 408 g/mol. The molecule has 158 valence electrons. The number of hydrogen-bond acceptors (Lipinski definition) is 8. The fourth-order valence-corrected chi connectivity index (χ4v) is 3.63. The third-order valence-electron chi connectivity index (χ3n) is 5.72. The van der Waals surface area contributed by atoms with Crippen molar-refractivity contribution in [3.63, 3.8) is 0 Å². The van der Waals surface area contributed by atoms with Crippen molar-refractivity contribution in [2.45, 2.75) is 27.7 Å². The number of aryl methyl sites for hydroxylation is 4. The highest BCUT2D eigenvalue weighted by molar-refractivity contribution is 5.84. The number of aromatic nitrogens is 4. The minimum atomic E-state index is 0.106. The third-order valence-corrected chi connectivity index (χ3v) is 5.72. The summed E-state index contributed by atoms with van der Waals surface area (Å²) in [5.41, 5.74) is 6.20. The standard InChI is InChI=1S/C24H18N4O4/c1-11-5-15-9-19(29-17(15)7-13(11)3)21-25-27-23(31-21)24-28-26-22(32-24)20-10-16-6-12(2)14(4)8-18(16)30-20/h5-10H,1-4H3. The second-order valence-electron chi connectivity index (χ2n) is 7.99. The SMILES string of the molecule is Cc1cc2cc(-c3nnc(-c4nnc(-c5cc6cc(C)c(C)cc6o5)o4)o3)oc2cc1C. The molecule has 0 aliphatic heterocycles. The summed E-state index contributed by atoms with van der Waals surface area (Å²) in [6.45, 7) is 8.20. The molecule has 0 fully saturated rings. The van der Waals surface area contributed by atoms with Crippen LogP contribution in [0.25, 0.3) is 57.0 Å². The summed E-state index contributed by atoms with van der Waals surface area (Å²) in [5, 5.41) is 18.2. The van der Waals surface area contributed by atoms with Crippen LogP contribution < -0.4 is 0 Å². The van der Waals surface area contributed by atoms with Crippen molar-refractivity contribution in [3.05, 3.63) is 58.7 Å². The first-order valence-electron chi connectivity index (χ1n) is 10.1. The van der Waals surface area contributed by atoms with Crippen molar-refractivity contribution in [1.82, 2.24) is 20.4 Å². The molecule has 6 rings (SSSR count). The number of benzene rings is 2. The Morgan fingerprint density at radius 3 is 1.25 bits per heavy atom. The van der Waals surface area contributed by atoms with Crippen LogP contribution in [-0.2, 0) is 0 Å². The molecule has 32 heavy (non-hydrogen) atoms. The predicted molar refractivity (Wildman–Crippen MR) is 117 cm³/mol. The van der Waals surface area contributed by atoms with Gasteiger partial charge in [-0.2, -0.15) is 0 Å². The Kier molecular flexibility index (Phi) is 3.86. The van der Waals surface area contributed by atoms with E-state index in [-0.39, 0.29) is 23.6 Å². The van der Waals surface area contributed by atoms with Gasteiger partial charge in [0.05, 0.1) is 0 Å². The highest BCUT2D eigenvalue weighted by Crippen LogP contribution is 2.33. The van der Waals surface area contributed by atoms with E-state index in [0.717, 1.165) is 33.1 Å². The van der Waals surface area contributed by atoms with Crippen molar-refractivity contribution < 1.29 is 17.7 Å². The monoisotopic (exact) mass is 426 g/mol. The zero-order chi connectivity index (χ0) is 22.0. The summed E-state index contributed by atoms with van der Waals surface area (Å²) in [5.74, 6) is 1.64.